The van der Waals surface area contributed by atoms with E-state index < -0.39 is 10.0 Å². The number of hydrogen-bond donors (Lipinski definition) is 1. The Morgan fingerprint density at radius 3 is 2.40 bits per heavy atom. The Balaban J connectivity index is 1.54. The number of aromatic nitrogens is 2. The van der Waals surface area contributed by atoms with Crippen LogP contribution in [-0.4, -0.2) is 48.1 Å². The Morgan fingerprint density at radius 1 is 1.03 bits per heavy atom. The van der Waals surface area contributed by atoms with Gasteiger partial charge >= 0.3 is 0 Å². The van der Waals surface area contributed by atoms with Gasteiger partial charge in [0.2, 0.25) is 10.0 Å². The molecular formula is C23H30N4O2S. The van der Waals surface area contributed by atoms with Crippen LogP contribution < -0.4 is 5.32 Å². The standard InChI is InChI=1S/C23H30N4O2S/c1-30(28,29)27-15-13-23(14-16-27)12-11-19-20(23)25-21(17-7-3-2-4-8-17)26-22(19)24-18-9-5-6-10-18/h2-4,7-8,18H,5-6,9-16H2,1H3,(H,24,25,26). The van der Waals surface area contributed by atoms with Crippen molar-refractivity contribution in [3.05, 3.63) is 41.6 Å². The molecule has 1 aromatic carbocycles. The van der Waals surface area contributed by atoms with E-state index >= 15 is 0 Å². The van der Waals surface area contributed by atoms with Gasteiger partial charge in [0.15, 0.2) is 5.82 Å². The highest BCUT2D eigenvalue weighted by molar-refractivity contribution is 7.88. The van der Waals surface area contributed by atoms with Crippen molar-refractivity contribution in [1.82, 2.24) is 14.3 Å². The Bertz CT molecular complexity index is 1020. The van der Waals surface area contributed by atoms with Crippen LogP contribution in [0, 0.1) is 0 Å². The third kappa shape index (κ3) is 3.62. The molecule has 2 heterocycles. The second-order valence-electron chi connectivity index (χ2n) is 9.16. The highest BCUT2D eigenvalue weighted by atomic mass is 32.2. The molecule has 160 valence electrons. The van der Waals surface area contributed by atoms with Crippen molar-refractivity contribution in [2.75, 3.05) is 24.7 Å². The number of rotatable bonds is 4. The Kier molecular flexibility index (Phi) is 5.06. The zero-order valence-electron chi connectivity index (χ0n) is 17.6. The molecule has 0 atom stereocenters. The summed E-state index contributed by atoms with van der Waals surface area (Å²) >= 11 is 0. The van der Waals surface area contributed by atoms with Crippen molar-refractivity contribution in [3.8, 4) is 11.4 Å². The average molecular weight is 427 g/mol. The van der Waals surface area contributed by atoms with Gasteiger partial charge in [0.1, 0.15) is 5.82 Å². The van der Waals surface area contributed by atoms with Gasteiger partial charge in [-0.05, 0) is 38.5 Å². The van der Waals surface area contributed by atoms with E-state index in [1.54, 1.807) is 4.31 Å². The molecule has 1 aliphatic heterocycles. The first-order valence-corrected chi connectivity index (χ1v) is 13.0. The molecule has 2 aliphatic carbocycles. The predicted octanol–water partition coefficient (Wildman–Crippen LogP) is 3.74. The minimum absolute atomic E-state index is 0.0326. The maximum Gasteiger partial charge on any atom is 0.211 e. The zero-order valence-corrected chi connectivity index (χ0v) is 18.4. The highest BCUT2D eigenvalue weighted by Gasteiger charge is 2.45. The summed E-state index contributed by atoms with van der Waals surface area (Å²) in [6.45, 7) is 1.16. The van der Waals surface area contributed by atoms with Crippen LogP contribution in [0.15, 0.2) is 30.3 Å². The molecular weight excluding hydrogens is 396 g/mol. The zero-order chi connectivity index (χ0) is 20.8. The first kappa shape index (κ1) is 19.9. The number of anilines is 1. The topological polar surface area (TPSA) is 75.2 Å². The lowest BCUT2D eigenvalue weighted by atomic mass is 9.76. The summed E-state index contributed by atoms with van der Waals surface area (Å²) in [7, 11) is -3.14. The molecule has 2 fully saturated rings. The Hall–Kier alpha value is -1.99. The largest absolute Gasteiger partial charge is 0.367 e. The van der Waals surface area contributed by atoms with Crippen LogP contribution in [0.3, 0.4) is 0 Å². The monoisotopic (exact) mass is 426 g/mol. The first-order valence-electron chi connectivity index (χ1n) is 11.1. The predicted molar refractivity (Wildman–Crippen MR) is 119 cm³/mol. The first-order chi connectivity index (χ1) is 14.4. The van der Waals surface area contributed by atoms with Gasteiger partial charge in [-0.15, -0.1) is 0 Å². The number of nitrogens with one attached hydrogen (secondary N) is 1. The third-order valence-corrected chi connectivity index (χ3v) is 8.54. The molecule has 30 heavy (non-hydrogen) atoms. The molecule has 7 heteroatoms. The van der Waals surface area contributed by atoms with Gasteiger partial charge in [-0.25, -0.2) is 22.7 Å². The average Bonchev–Trinajstić information content (AvgIpc) is 3.37. The second-order valence-corrected chi connectivity index (χ2v) is 11.1. The molecule has 0 amide bonds. The maximum absolute atomic E-state index is 12.0. The van der Waals surface area contributed by atoms with Crippen molar-refractivity contribution >= 4 is 15.8 Å². The SMILES string of the molecule is CS(=O)(=O)N1CCC2(CCc3c(NC4CCCC4)nc(-c4ccccc4)nc32)CC1. The van der Waals surface area contributed by atoms with Crippen LogP contribution in [0.1, 0.15) is 56.2 Å². The van der Waals surface area contributed by atoms with Crippen molar-refractivity contribution in [2.45, 2.75) is 62.8 Å². The normalized spacial score (nSPS) is 21.8. The van der Waals surface area contributed by atoms with Crippen LogP contribution in [0.5, 0.6) is 0 Å². The number of nitrogens with zero attached hydrogens (tertiary/aromatic N) is 3. The molecule has 1 N–H and O–H groups in total. The molecule has 3 aliphatic rings. The molecule has 1 saturated heterocycles. The summed E-state index contributed by atoms with van der Waals surface area (Å²) in [5.41, 5.74) is 3.42. The van der Waals surface area contributed by atoms with Crippen molar-refractivity contribution < 1.29 is 8.42 Å². The summed E-state index contributed by atoms with van der Waals surface area (Å²) in [6, 6.07) is 10.7. The Labute approximate surface area is 179 Å². The van der Waals surface area contributed by atoms with Crippen LogP contribution in [0.2, 0.25) is 0 Å². The summed E-state index contributed by atoms with van der Waals surface area (Å²) in [4.78, 5) is 10.1. The molecule has 0 bridgehead atoms. The van der Waals surface area contributed by atoms with Crippen LogP contribution in [0.25, 0.3) is 11.4 Å². The van der Waals surface area contributed by atoms with Crippen LogP contribution in [-0.2, 0) is 21.9 Å². The van der Waals surface area contributed by atoms with E-state index in [1.807, 2.05) is 18.2 Å². The fourth-order valence-electron chi connectivity index (χ4n) is 5.47. The molecule has 0 unspecified atom stereocenters. The van der Waals surface area contributed by atoms with E-state index in [0.29, 0.717) is 19.1 Å². The van der Waals surface area contributed by atoms with E-state index in [9.17, 15) is 8.42 Å². The molecule has 1 aromatic heterocycles. The highest BCUT2D eigenvalue weighted by Crippen LogP contribution is 2.48. The summed E-state index contributed by atoms with van der Waals surface area (Å²) in [5.74, 6) is 1.79. The molecule has 1 saturated carbocycles. The minimum atomic E-state index is -3.14. The molecule has 6 nitrogen and oxygen atoms in total. The number of hydrogen-bond acceptors (Lipinski definition) is 5. The fourth-order valence-corrected chi connectivity index (χ4v) is 6.32. The van der Waals surface area contributed by atoms with Gasteiger partial charge in [-0.3, -0.25) is 0 Å². The molecule has 0 radical (unpaired) electrons. The third-order valence-electron chi connectivity index (χ3n) is 7.24. The molecule has 1 spiro atoms. The minimum Gasteiger partial charge on any atom is -0.367 e. The maximum atomic E-state index is 12.0. The molecule has 2 aromatic rings. The number of fused-ring (bicyclic) bond motifs is 2. The fraction of sp³-hybridized carbons (Fsp3) is 0.565. The van der Waals surface area contributed by atoms with Gasteiger partial charge in [-0.2, -0.15) is 0 Å². The van der Waals surface area contributed by atoms with Crippen molar-refractivity contribution in [1.29, 1.82) is 0 Å². The lowest BCUT2D eigenvalue weighted by Crippen LogP contribution is -2.44. The summed E-state index contributed by atoms with van der Waals surface area (Å²) in [5, 5.41) is 3.75. The summed E-state index contributed by atoms with van der Waals surface area (Å²) < 4.78 is 25.6. The van der Waals surface area contributed by atoms with Gasteiger partial charge in [0.05, 0.1) is 11.9 Å². The second kappa shape index (κ2) is 7.61. The van der Waals surface area contributed by atoms with Crippen LogP contribution >= 0.6 is 0 Å². The van der Waals surface area contributed by atoms with Gasteiger partial charge in [-0.1, -0.05) is 43.2 Å². The molecule has 5 rings (SSSR count). The lowest BCUT2D eigenvalue weighted by molar-refractivity contribution is 0.229. The van der Waals surface area contributed by atoms with Gasteiger partial charge in [0.25, 0.3) is 0 Å². The van der Waals surface area contributed by atoms with Crippen molar-refractivity contribution in [2.24, 2.45) is 0 Å². The number of piperidine rings is 1. The van der Waals surface area contributed by atoms with Gasteiger partial charge in [0, 0.05) is 35.7 Å². The number of sulfonamides is 1. The smallest absolute Gasteiger partial charge is 0.211 e. The number of benzene rings is 1. The Morgan fingerprint density at radius 2 is 1.73 bits per heavy atom. The summed E-state index contributed by atoms with van der Waals surface area (Å²) in [6.07, 6.45) is 9.95. The lowest BCUT2D eigenvalue weighted by Gasteiger charge is -2.38. The van der Waals surface area contributed by atoms with E-state index in [1.165, 1.54) is 37.5 Å². The van der Waals surface area contributed by atoms with Crippen molar-refractivity contribution in [3.63, 3.8) is 0 Å². The van der Waals surface area contributed by atoms with Gasteiger partial charge < -0.3 is 5.32 Å². The van der Waals surface area contributed by atoms with E-state index in [-0.39, 0.29) is 5.41 Å². The van der Waals surface area contributed by atoms with E-state index in [4.69, 9.17) is 9.97 Å². The van der Waals surface area contributed by atoms with E-state index in [0.717, 1.165) is 48.6 Å². The quantitative estimate of drug-likeness (QED) is 0.806. The van der Waals surface area contributed by atoms with E-state index in [2.05, 4.69) is 17.4 Å². The van der Waals surface area contributed by atoms with Crippen LogP contribution in [0.4, 0.5) is 5.82 Å².